The summed E-state index contributed by atoms with van der Waals surface area (Å²) in [5.41, 5.74) is 2.93. The number of benzene rings is 1. The molecular formula is C18H29NO. The Balaban J connectivity index is 1.74. The molecule has 0 aromatic heterocycles. The highest BCUT2D eigenvalue weighted by Crippen LogP contribution is 2.31. The second-order valence-electron chi connectivity index (χ2n) is 7.37. The fourth-order valence-corrected chi connectivity index (χ4v) is 2.66. The molecule has 112 valence electrons. The van der Waals surface area contributed by atoms with Gasteiger partial charge < -0.3 is 10.1 Å². The molecule has 2 rings (SSSR count). The third-order valence-corrected chi connectivity index (χ3v) is 3.92. The van der Waals surface area contributed by atoms with Gasteiger partial charge in [-0.2, -0.15) is 0 Å². The van der Waals surface area contributed by atoms with E-state index in [4.69, 9.17) is 4.74 Å². The molecule has 0 saturated carbocycles. The van der Waals surface area contributed by atoms with Gasteiger partial charge >= 0.3 is 0 Å². The van der Waals surface area contributed by atoms with Gasteiger partial charge in [0.05, 0.1) is 0 Å². The van der Waals surface area contributed by atoms with Crippen LogP contribution in [0, 0.1) is 12.8 Å². The number of nitrogens with one attached hydrogen (secondary N) is 1. The van der Waals surface area contributed by atoms with Crippen molar-refractivity contribution in [3.05, 3.63) is 29.3 Å². The quantitative estimate of drug-likeness (QED) is 0.873. The Morgan fingerprint density at radius 1 is 1.35 bits per heavy atom. The Morgan fingerprint density at radius 3 is 2.80 bits per heavy atom. The Kier molecular flexibility index (Phi) is 4.74. The third kappa shape index (κ3) is 4.52. The maximum absolute atomic E-state index is 6.04. The molecule has 1 aliphatic rings. The molecule has 1 aliphatic heterocycles. The first kappa shape index (κ1) is 15.4. The van der Waals surface area contributed by atoms with Crippen molar-refractivity contribution in [1.29, 1.82) is 0 Å². The van der Waals surface area contributed by atoms with E-state index in [9.17, 15) is 0 Å². The van der Waals surface area contributed by atoms with Crippen LogP contribution in [0.4, 0.5) is 0 Å². The van der Waals surface area contributed by atoms with E-state index in [2.05, 4.69) is 58.1 Å². The zero-order valence-electron chi connectivity index (χ0n) is 13.6. The summed E-state index contributed by atoms with van der Waals surface area (Å²) in [6.45, 7) is 12.2. The first-order valence-electron chi connectivity index (χ1n) is 7.85. The Hall–Kier alpha value is -1.02. The average Bonchev–Trinajstić information content (AvgIpc) is 2.75. The number of rotatable bonds is 5. The maximum atomic E-state index is 6.04. The van der Waals surface area contributed by atoms with Crippen LogP contribution in [-0.2, 0) is 6.42 Å². The molecule has 2 heteroatoms. The summed E-state index contributed by atoms with van der Waals surface area (Å²) in [4.78, 5) is 0. The lowest BCUT2D eigenvalue weighted by Crippen LogP contribution is -2.38. The summed E-state index contributed by atoms with van der Waals surface area (Å²) in [6.07, 6.45) is 3.83. The first-order valence-corrected chi connectivity index (χ1v) is 7.85. The number of hydrogen-bond acceptors (Lipinski definition) is 2. The molecular weight excluding hydrogens is 246 g/mol. The minimum Gasteiger partial charge on any atom is -0.490 e. The van der Waals surface area contributed by atoms with Crippen molar-refractivity contribution in [2.24, 2.45) is 5.92 Å². The zero-order valence-corrected chi connectivity index (χ0v) is 13.6. The molecule has 2 nitrogen and oxygen atoms in total. The van der Waals surface area contributed by atoms with Crippen molar-refractivity contribution < 1.29 is 4.74 Å². The molecule has 0 aliphatic carbocycles. The van der Waals surface area contributed by atoms with E-state index >= 15 is 0 Å². The summed E-state index contributed by atoms with van der Waals surface area (Å²) in [6, 6.07) is 6.52. The SMILES string of the molecule is Cc1ccc2c(c1)CC(CCC(C)CNC(C)(C)C)O2. The number of aryl methyl sites for hydroxylation is 1. The van der Waals surface area contributed by atoms with Crippen LogP contribution in [0.2, 0.25) is 0 Å². The molecule has 1 aromatic carbocycles. The van der Waals surface area contributed by atoms with Gasteiger partial charge in [-0.1, -0.05) is 24.6 Å². The van der Waals surface area contributed by atoms with Crippen LogP contribution in [0.15, 0.2) is 18.2 Å². The summed E-state index contributed by atoms with van der Waals surface area (Å²) in [7, 11) is 0. The lowest BCUT2D eigenvalue weighted by atomic mass is 9.98. The summed E-state index contributed by atoms with van der Waals surface area (Å²) < 4.78 is 6.04. The lowest BCUT2D eigenvalue weighted by molar-refractivity contribution is 0.207. The van der Waals surface area contributed by atoms with Crippen molar-refractivity contribution in [1.82, 2.24) is 5.32 Å². The van der Waals surface area contributed by atoms with E-state index in [1.165, 1.54) is 17.5 Å². The van der Waals surface area contributed by atoms with Gasteiger partial charge in [0.15, 0.2) is 0 Å². The third-order valence-electron chi connectivity index (χ3n) is 3.92. The molecule has 0 fully saturated rings. The summed E-state index contributed by atoms with van der Waals surface area (Å²) in [5, 5.41) is 3.58. The highest BCUT2D eigenvalue weighted by Gasteiger charge is 2.23. The Bertz CT molecular complexity index is 447. The van der Waals surface area contributed by atoms with Crippen molar-refractivity contribution in [2.45, 2.75) is 65.5 Å². The first-order chi connectivity index (χ1) is 9.33. The molecule has 0 radical (unpaired) electrons. The molecule has 0 spiro atoms. The molecule has 1 heterocycles. The Morgan fingerprint density at radius 2 is 2.10 bits per heavy atom. The normalized spacial score (nSPS) is 19.6. The van der Waals surface area contributed by atoms with Crippen molar-refractivity contribution in [3.8, 4) is 5.75 Å². The number of hydrogen-bond donors (Lipinski definition) is 1. The van der Waals surface area contributed by atoms with Crippen LogP contribution in [0.3, 0.4) is 0 Å². The molecule has 2 atom stereocenters. The van der Waals surface area contributed by atoms with Crippen molar-refractivity contribution in [2.75, 3.05) is 6.54 Å². The molecule has 1 aromatic rings. The zero-order chi connectivity index (χ0) is 14.8. The molecule has 0 bridgehead atoms. The summed E-state index contributed by atoms with van der Waals surface area (Å²) in [5.74, 6) is 1.80. The standard InChI is InChI=1S/C18H29NO/c1-13-7-9-17-15(10-13)11-16(20-17)8-6-14(2)12-19-18(3,4)5/h7,9-10,14,16,19H,6,8,11-12H2,1-5H3. The van der Waals surface area contributed by atoms with E-state index in [1.807, 2.05) is 0 Å². The predicted octanol–water partition coefficient (Wildman–Crippen LogP) is 4.10. The van der Waals surface area contributed by atoms with Crippen LogP contribution < -0.4 is 10.1 Å². The molecule has 20 heavy (non-hydrogen) atoms. The van der Waals surface area contributed by atoms with Gasteiger partial charge in [0.2, 0.25) is 0 Å². The van der Waals surface area contributed by atoms with E-state index < -0.39 is 0 Å². The largest absolute Gasteiger partial charge is 0.490 e. The molecule has 1 N–H and O–H groups in total. The van der Waals surface area contributed by atoms with Crippen LogP contribution in [-0.4, -0.2) is 18.2 Å². The second-order valence-corrected chi connectivity index (χ2v) is 7.37. The average molecular weight is 275 g/mol. The van der Waals surface area contributed by atoms with E-state index in [-0.39, 0.29) is 5.54 Å². The van der Waals surface area contributed by atoms with Gasteiger partial charge in [-0.05, 0) is 64.6 Å². The van der Waals surface area contributed by atoms with Gasteiger partial charge in [0, 0.05) is 12.0 Å². The minimum atomic E-state index is 0.214. The topological polar surface area (TPSA) is 21.3 Å². The van der Waals surface area contributed by atoms with Crippen LogP contribution in [0.5, 0.6) is 5.75 Å². The van der Waals surface area contributed by atoms with E-state index in [0.717, 1.165) is 25.1 Å². The van der Waals surface area contributed by atoms with Crippen molar-refractivity contribution >= 4 is 0 Å². The van der Waals surface area contributed by atoms with E-state index in [0.29, 0.717) is 12.0 Å². The molecule has 2 unspecified atom stereocenters. The van der Waals surface area contributed by atoms with Gasteiger partial charge in [-0.15, -0.1) is 0 Å². The second kappa shape index (κ2) is 6.17. The molecule has 0 amide bonds. The monoisotopic (exact) mass is 275 g/mol. The predicted molar refractivity (Wildman–Crippen MR) is 85.5 cm³/mol. The van der Waals surface area contributed by atoms with Crippen LogP contribution in [0.25, 0.3) is 0 Å². The van der Waals surface area contributed by atoms with Crippen LogP contribution >= 0.6 is 0 Å². The molecule has 0 saturated heterocycles. The highest BCUT2D eigenvalue weighted by molar-refractivity contribution is 5.40. The van der Waals surface area contributed by atoms with Gasteiger partial charge in [0.1, 0.15) is 11.9 Å². The van der Waals surface area contributed by atoms with Gasteiger partial charge in [-0.3, -0.25) is 0 Å². The highest BCUT2D eigenvalue weighted by atomic mass is 16.5. The van der Waals surface area contributed by atoms with Crippen molar-refractivity contribution in [3.63, 3.8) is 0 Å². The van der Waals surface area contributed by atoms with Gasteiger partial charge in [0.25, 0.3) is 0 Å². The number of ether oxygens (including phenoxy) is 1. The lowest BCUT2D eigenvalue weighted by Gasteiger charge is -2.24. The smallest absolute Gasteiger partial charge is 0.123 e. The fourth-order valence-electron chi connectivity index (χ4n) is 2.66. The van der Waals surface area contributed by atoms with Crippen LogP contribution in [0.1, 0.15) is 51.7 Å². The minimum absolute atomic E-state index is 0.214. The van der Waals surface area contributed by atoms with E-state index in [1.54, 1.807) is 0 Å². The summed E-state index contributed by atoms with van der Waals surface area (Å²) >= 11 is 0. The fraction of sp³-hybridized carbons (Fsp3) is 0.667. The van der Waals surface area contributed by atoms with Gasteiger partial charge in [-0.25, -0.2) is 0 Å². The number of fused-ring (bicyclic) bond motifs is 1. The maximum Gasteiger partial charge on any atom is 0.123 e. The Labute approximate surface area is 123 Å².